The van der Waals surface area contributed by atoms with E-state index in [-0.39, 0.29) is 24.5 Å². The van der Waals surface area contributed by atoms with Gasteiger partial charge in [0, 0.05) is 24.4 Å². The smallest absolute Gasteiger partial charge is 0.388 e. The van der Waals surface area contributed by atoms with Crippen LogP contribution in [0.5, 0.6) is 0 Å². The van der Waals surface area contributed by atoms with Crippen molar-refractivity contribution in [3.8, 4) is 11.3 Å². The molecule has 0 bridgehead atoms. The van der Waals surface area contributed by atoms with Crippen LogP contribution < -0.4 is 0 Å². The van der Waals surface area contributed by atoms with E-state index < -0.39 is 77.8 Å². The fourth-order valence-electron chi connectivity index (χ4n) is 6.05. The van der Waals surface area contributed by atoms with E-state index in [2.05, 4.69) is 15.3 Å². The zero-order chi connectivity index (χ0) is 35.1. The standard InChI is InChI=1S/C33H32F6N4O6/c1-32(2,44)30(46-15-17-9-10-24(40-13-17)33(37,38)39)29-28(45-3)26(27-23(48-29)16-47-31(49-27)18-7-5-4-6-8-18)43-14-22(41-42-43)19-11-20(34)25(36)21(35)12-19/h4-14,23,26-31,44H,15-16H2,1-3H3/t23?,26-,27-,28?,29+,30-,31?/m0/s1. The van der Waals surface area contributed by atoms with Gasteiger partial charge in [0.15, 0.2) is 23.7 Å². The summed E-state index contributed by atoms with van der Waals surface area (Å²) in [5, 5.41) is 19.6. The second-order valence-electron chi connectivity index (χ2n) is 12.3. The molecule has 3 unspecified atom stereocenters. The lowest BCUT2D eigenvalue weighted by atomic mass is 9.84. The zero-order valence-electron chi connectivity index (χ0n) is 26.4. The minimum Gasteiger partial charge on any atom is -0.388 e. The van der Waals surface area contributed by atoms with Crippen molar-refractivity contribution in [2.24, 2.45) is 0 Å². The van der Waals surface area contributed by atoms with Gasteiger partial charge in [0.05, 0.1) is 25.0 Å². The minimum absolute atomic E-state index is 0.0176. The van der Waals surface area contributed by atoms with E-state index in [1.54, 1.807) is 0 Å². The number of aromatic nitrogens is 4. The minimum atomic E-state index is -4.62. The van der Waals surface area contributed by atoms with Crippen molar-refractivity contribution in [1.29, 1.82) is 0 Å². The predicted molar refractivity (Wildman–Crippen MR) is 158 cm³/mol. The number of nitrogens with zero attached hydrogens (tertiary/aromatic N) is 4. The Bertz CT molecular complexity index is 1710. The maximum atomic E-state index is 14.1. The van der Waals surface area contributed by atoms with E-state index in [9.17, 15) is 31.4 Å². The molecule has 0 radical (unpaired) electrons. The first-order chi connectivity index (χ1) is 23.2. The molecule has 4 heterocycles. The molecule has 16 heteroatoms. The molecule has 10 nitrogen and oxygen atoms in total. The molecule has 7 atom stereocenters. The number of methoxy groups -OCH3 is 1. The number of ether oxygens (including phenoxy) is 5. The van der Waals surface area contributed by atoms with Crippen LogP contribution in [0, 0.1) is 17.5 Å². The number of alkyl halides is 3. The Balaban J connectivity index is 1.35. The first-order valence-electron chi connectivity index (χ1n) is 15.2. The van der Waals surface area contributed by atoms with Crippen LogP contribution in [0.1, 0.15) is 43.0 Å². The molecule has 6 rings (SSSR count). The monoisotopic (exact) mass is 694 g/mol. The number of hydrogen-bond acceptors (Lipinski definition) is 9. The molecule has 2 aromatic carbocycles. The van der Waals surface area contributed by atoms with Gasteiger partial charge in [0.25, 0.3) is 0 Å². The number of pyridine rings is 1. The molecule has 0 aliphatic carbocycles. The van der Waals surface area contributed by atoms with E-state index in [4.69, 9.17) is 23.7 Å². The molecular formula is C33H32F6N4O6. The molecule has 49 heavy (non-hydrogen) atoms. The highest BCUT2D eigenvalue weighted by Gasteiger charge is 2.56. The summed E-state index contributed by atoms with van der Waals surface area (Å²) in [4.78, 5) is 3.47. The highest BCUT2D eigenvalue weighted by molar-refractivity contribution is 5.58. The average Bonchev–Trinajstić information content (AvgIpc) is 3.56. The van der Waals surface area contributed by atoms with E-state index in [0.29, 0.717) is 5.56 Å². The normalized spacial score (nSPS) is 25.2. The third-order valence-corrected chi connectivity index (χ3v) is 8.37. The summed E-state index contributed by atoms with van der Waals surface area (Å²) in [6.07, 6.45) is -7.84. The van der Waals surface area contributed by atoms with Gasteiger partial charge in [-0.3, -0.25) is 4.98 Å². The van der Waals surface area contributed by atoms with Crippen molar-refractivity contribution in [2.75, 3.05) is 13.7 Å². The lowest BCUT2D eigenvalue weighted by Crippen LogP contribution is -2.65. The summed E-state index contributed by atoms with van der Waals surface area (Å²) < 4.78 is 114. The Kier molecular flexibility index (Phi) is 9.81. The summed E-state index contributed by atoms with van der Waals surface area (Å²) in [6, 6.07) is 11.9. The third kappa shape index (κ3) is 7.34. The topological polar surface area (TPSA) is 110 Å². The van der Waals surface area contributed by atoms with Gasteiger partial charge >= 0.3 is 6.18 Å². The Morgan fingerprint density at radius 2 is 1.73 bits per heavy atom. The summed E-state index contributed by atoms with van der Waals surface area (Å²) >= 11 is 0. The molecule has 1 N–H and O–H groups in total. The number of hydrogen-bond donors (Lipinski definition) is 1. The molecule has 2 saturated heterocycles. The van der Waals surface area contributed by atoms with Gasteiger partial charge in [-0.05, 0) is 37.6 Å². The first-order valence-corrected chi connectivity index (χ1v) is 15.2. The van der Waals surface area contributed by atoms with Crippen molar-refractivity contribution >= 4 is 0 Å². The quantitative estimate of drug-likeness (QED) is 0.178. The second kappa shape index (κ2) is 13.8. The van der Waals surface area contributed by atoms with Crippen LogP contribution >= 0.6 is 0 Å². The van der Waals surface area contributed by atoms with Crippen molar-refractivity contribution in [2.45, 2.75) is 75.1 Å². The lowest BCUT2D eigenvalue weighted by molar-refractivity contribution is -0.334. The average molecular weight is 695 g/mol. The summed E-state index contributed by atoms with van der Waals surface area (Å²) in [5.41, 5.74) is -1.70. The van der Waals surface area contributed by atoms with Crippen molar-refractivity contribution in [3.05, 3.63) is 101 Å². The van der Waals surface area contributed by atoms with E-state index in [1.807, 2.05) is 30.3 Å². The van der Waals surface area contributed by atoms with Crippen LogP contribution in [0.25, 0.3) is 11.3 Å². The third-order valence-electron chi connectivity index (χ3n) is 8.37. The van der Waals surface area contributed by atoms with Gasteiger partial charge < -0.3 is 28.8 Å². The van der Waals surface area contributed by atoms with E-state index in [1.165, 1.54) is 37.9 Å². The summed E-state index contributed by atoms with van der Waals surface area (Å²) in [5.74, 6) is -4.44. The maximum absolute atomic E-state index is 14.1. The van der Waals surface area contributed by atoms with Gasteiger partial charge in [-0.15, -0.1) is 5.10 Å². The van der Waals surface area contributed by atoms with E-state index in [0.717, 1.165) is 30.0 Å². The molecule has 2 fully saturated rings. The number of rotatable bonds is 9. The van der Waals surface area contributed by atoms with Crippen LogP contribution in [0.2, 0.25) is 0 Å². The van der Waals surface area contributed by atoms with Crippen LogP contribution in [-0.4, -0.2) is 74.9 Å². The Morgan fingerprint density at radius 1 is 1.02 bits per heavy atom. The second-order valence-corrected chi connectivity index (χ2v) is 12.3. The van der Waals surface area contributed by atoms with Gasteiger partial charge in [0.2, 0.25) is 0 Å². The van der Waals surface area contributed by atoms with Crippen molar-refractivity contribution < 1.29 is 55.1 Å². The molecule has 2 aromatic heterocycles. The molecule has 2 aliphatic rings. The van der Waals surface area contributed by atoms with Gasteiger partial charge in [0.1, 0.15) is 47.9 Å². The summed E-state index contributed by atoms with van der Waals surface area (Å²) in [7, 11) is 1.39. The van der Waals surface area contributed by atoms with Gasteiger partial charge in [-0.1, -0.05) is 41.6 Å². The number of fused-ring (bicyclic) bond motifs is 1. The molecule has 262 valence electrons. The molecule has 2 aliphatic heterocycles. The zero-order valence-corrected chi connectivity index (χ0v) is 26.4. The predicted octanol–water partition coefficient (Wildman–Crippen LogP) is 5.57. The maximum Gasteiger partial charge on any atom is 0.433 e. The molecular weight excluding hydrogens is 662 g/mol. The molecule has 4 aromatic rings. The molecule has 0 spiro atoms. The highest BCUT2D eigenvalue weighted by Crippen LogP contribution is 2.43. The SMILES string of the molecule is COC1[C@H]([C@H](OCc2ccc(C(F)(F)F)nc2)C(C)(C)O)OC2COC(c3ccccc3)O[C@@H]2[C@@H]1n1cc(-c2cc(F)c(F)c(F)c2)nn1. The van der Waals surface area contributed by atoms with Crippen LogP contribution in [0.3, 0.4) is 0 Å². The van der Waals surface area contributed by atoms with E-state index >= 15 is 0 Å². The Hall–Kier alpha value is -3.93. The van der Waals surface area contributed by atoms with Crippen molar-refractivity contribution in [3.63, 3.8) is 0 Å². The first kappa shape index (κ1) is 34.9. The number of aliphatic hydroxyl groups is 1. The van der Waals surface area contributed by atoms with Crippen molar-refractivity contribution in [1.82, 2.24) is 20.0 Å². The van der Waals surface area contributed by atoms with Crippen LogP contribution in [0.4, 0.5) is 26.3 Å². The number of benzene rings is 2. The van der Waals surface area contributed by atoms with Gasteiger partial charge in [-0.25, -0.2) is 17.9 Å². The Morgan fingerprint density at radius 3 is 2.35 bits per heavy atom. The van der Waals surface area contributed by atoms with Crippen LogP contribution in [0.15, 0.2) is 67.0 Å². The van der Waals surface area contributed by atoms with Crippen LogP contribution in [-0.2, 0) is 36.5 Å². The largest absolute Gasteiger partial charge is 0.433 e. The lowest BCUT2D eigenvalue weighted by Gasteiger charge is -2.51. The fourth-order valence-corrected chi connectivity index (χ4v) is 6.05. The van der Waals surface area contributed by atoms with Gasteiger partial charge in [-0.2, -0.15) is 13.2 Å². The Labute approximate surface area is 276 Å². The summed E-state index contributed by atoms with van der Waals surface area (Å²) in [6.45, 7) is 2.73. The highest BCUT2D eigenvalue weighted by atomic mass is 19.4. The molecule has 0 amide bonds. The fraction of sp³-hybridized carbons (Fsp3) is 0.424. The molecule has 0 saturated carbocycles. The number of halogens is 6.